The van der Waals surface area contributed by atoms with Gasteiger partial charge < -0.3 is 5.11 Å². The number of carboxylic acids is 1. The van der Waals surface area contributed by atoms with Gasteiger partial charge in [-0.2, -0.15) is 5.10 Å². The normalized spacial score (nSPS) is 17.1. The van der Waals surface area contributed by atoms with Crippen LogP contribution >= 0.6 is 11.6 Å². The van der Waals surface area contributed by atoms with Crippen molar-refractivity contribution in [1.82, 2.24) is 19.7 Å². The first-order chi connectivity index (χ1) is 11.5. The molecule has 1 aliphatic rings. The summed E-state index contributed by atoms with van der Waals surface area (Å²) in [7, 11) is 2.05. The molecule has 0 spiro atoms. The lowest BCUT2D eigenvalue weighted by atomic mass is 9.90. The highest BCUT2D eigenvalue weighted by molar-refractivity contribution is 6.30. The van der Waals surface area contributed by atoms with E-state index in [0.717, 1.165) is 29.7 Å². The topological polar surface area (TPSA) is 71.2 Å². The Kier molecular flexibility index (Phi) is 4.87. The molecule has 3 rings (SSSR count). The van der Waals surface area contributed by atoms with Gasteiger partial charge in [-0.1, -0.05) is 17.7 Å². The summed E-state index contributed by atoms with van der Waals surface area (Å²) in [6.07, 6.45) is 4.20. The van der Waals surface area contributed by atoms with E-state index < -0.39 is 5.97 Å². The average molecular weight is 349 g/mol. The Hall–Kier alpha value is -1.92. The minimum absolute atomic E-state index is 0.198. The predicted octanol–water partition coefficient (Wildman–Crippen LogP) is 2.64. The molecule has 0 saturated carbocycles. The number of rotatable bonds is 5. The van der Waals surface area contributed by atoms with Gasteiger partial charge in [0, 0.05) is 42.1 Å². The Morgan fingerprint density at radius 2 is 2.33 bits per heavy atom. The van der Waals surface area contributed by atoms with E-state index in [1.54, 1.807) is 6.20 Å². The number of aryl methyl sites for hydroxylation is 1. The number of nitrogens with zero attached hydrogens (tertiary/aromatic N) is 4. The van der Waals surface area contributed by atoms with E-state index in [9.17, 15) is 9.90 Å². The van der Waals surface area contributed by atoms with Gasteiger partial charge in [0.15, 0.2) is 5.69 Å². The van der Waals surface area contributed by atoms with Crippen LogP contribution in [0.5, 0.6) is 0 Å². The zero-order chi connectivity index (χ0) is 17.3. The molecular formula is C17H21ClN4O2. The molecule has 0 bridgehead atoms. The second-order valence-electron chi connectivity index (χ2n) is 6.16. The van der Waals surface area contributed by atoms with Crippen LogP contribution in [-0.2, 0) is 25.9 Å². The molecule has 0 aromatic carbocycles. The zero-order valence-corrected chi connectivity index (χ0v) is 14.6. The third kappa shape index (κ3) is 3.16. The van der Waals surface area contributed by atoms with Crippen LogP contribution in [0.25, 0.3) is 0 Å². The van der Waals surface area contributed by atoms with Crippen molar-refractivity contribution < 1.29 is 9.90 Å². The Labute approximate surface area is 146 Å². The molecule has 2 aromatic rings. The molecule has 0 aliphatic heterocycles. The molecule has 2 heterocycles. The number of aromatic nitrogens is 3. The fourth-order valence-electron chi connectivity index (χ4n) is 3.41. The Bertz CT molecular complexity index is 759. The molecule has 1 unspecified atom stereocenters. The minimum Gasteiger partial charge on any atom is -0.476 e. The summed E-state index contributed by atoms with van der Waals surface area (Å²) in [5, 5.41) is 14.2. The third-order valence-corrected chi connectivity index (χ3v) is 5.04. The lowest BCUT2D eigenvalue weighted by Crippen LogP contribution is -2.36. The number of carboxylic acid groups (broad SMARTS) is 1. The number of likely N-dealkylation sites (N-methyl/N-ethyl adjacent to an activating group) is 1. The van der Waals surface area contributed by atoms with E-state index in [0.29, 0.717) is 24.7 Å². The first-order valence-electron chi connectivity index (χ1n) is 8.12. The third-order valence-electron chi connectivity index (χ3n) is 4.70. The summed E-state index contributed by atoms with van der Waals surface area (Å²) in [6.45, 7) is 3.37. The number of aromatic carboxylic acids is 1. The van der Waals surface area contributed by atoms with Crippen LogP contribution in [0.15, 0.2) is 18.3 Å². The highest BCUT2D eigenvalue weighted by Gasteiger charge is 2.30. The van der Waals surface area contributed by atoms with Crippen LogP contribution in [0.3, 0.4) is 0 Å². The van der Waals surface area contributed by atoms with Gasteiger partial charge in [-0.25, -0.2) is 9.78 Å². The molecule has 6 nitrogen and oxygen atoms in total. The number of hydrogen-bond donors (Lipinski definition) is 1. The van der Waals surface area contributed by atoms with Crippen LogP contribution in [0.2, 0.25) is 5.15 Å². The molecule has 0 radical (unpaired) electrons. The van der Waals surface area contributed by atoms with Gasteiger partial charge in [-0.3, -0.25) is 9.58 Å². The maximum absolute atomic E-state index is 11.5. The summed E-state index contributed by atoms with van der Waals surface area (Å²) in [4.78, 5) is 17.8. The molecular weight excluding hydrogens is 328 g/mol. The second-order valence-corrected chi connectivity index (χ2v) is 6.52. The summed E-state index contributed by atoms with van der Waals surface area (Å²) >= 11 is 6.15. The highest BCUT2D eigenvalue weighted by atomic mass is 35.5. The summed E-state index contributed by atoms with van der Waals surface area (Å²) in [5.41, 5.74) is 3.13. The van der Waals surface area contributed by atoms with Gasteiger partial charge in [0.1, 0.15) is 5.15 Å². The van der Waals surface area contributed by atoms with Crippen LogP contribution in [0, 0.1) is 0 Å². The number of halogens is 1. The van der Waals surface area contributed by atoms with E-state index >= 15 is 0 Å². The molecule has 24 heavy (non-hydrogen) atoms. The Balaban J connectivity index is 1.80. The number of hydrogen-bond acceptors (Lipinski definition) is 4. The van der Waals surface area contributed by atoms with Crippen molar-refractivity contribution in [1.29, 1.82) is 0 Å². The fraction of sp³-hybridized carbons (Fsp3) is 0.471. The van der Waals surface area contributed by atoms with E-state index in [4.69, 9.17) is 11.6 Å². The van der Waals surface area contributed by atoms with E-state index in [-0.39, 0.29) is 11.7 Å². The molecule has 128 valence electrons. The maximum Gasteiger partial charge on any atom is 0.356 e. The minimum atomic E-state index is -0.947. The van der Waals surface area contributed by atoms with Gasteiger partial charge in [-0.05, 0) is 39.3 Å². The van der Waals surface area contributed by atoms with E-state index in [1.807, 2.05) is 30.8 Å². The van der Waals surface area contributed by atoms with Gasteiger partial charge in [-0.15, -0.1) is 0 Å². The van der Waals surface area contributed by atoms with Crippen molar-refractivity contribution in [3.8, 4) is 0 Å². The summed E-state index contributed by atoms with van der Waals surface area (Å²) < 4.78 is 1.83. The molecule has 2 aromatic heterocycles. The molecule has 1 N–H and O–H groups in total. The standard InChI is InChI=1S/C17H21ClN4O2/c1-3-22-14-7-6-12(9-13(14)15(20-22)17(23)24)21(2)10-11-5-4-8-19-16(11)18/h4-5,8,12H,3,6-7,9-10H2,1-2H3,(H,23,24). The zero-order valence-electron chi connectivity index (χ0n) is 13.9. The predicted molar refractivity (Wildman–Crippen MR) is 91.4 cm³/mol. The Morgan fingerprint density at radius 3 is 3.00 bits per heavy atom. The lowest BCUT2D eigenvalue weighted by molar-refractivity contribution is 0.0687. The molecule has 7 heteroatoms. The van der Waals surface area contributed by atoms with Crippen molar-refractivity contribution in [3.05, 3.63) is 46.0 Å². The average Bonchev–Trinajstić information content (AvgIpc) is 2.95. The highest BCUT2D eigenvalue weighted by Crippen LogP contribution is 2.28. The molecule has 1 atom stereocenters. The lowest BCUT2D eigenvalue weighted by Gasteiger charge is -2.31. The fourth-order valence-corrected chi connectivity index (χ4v) is 3.59. The molecule has 0 fully saturated rings. The monoisotopic (exact) mass is 348 g/mol. The van der Waals surface area contributed by atoms with Gasteiger partial charge in [0.2, 0.25) is 0 Å². The molecule has 0 amide bonds. The number of carbonyl (C=O) groups is 1. The maximum atomic E-state index is 11.5. The van der Waals surface area contributed by atoms with E-state index in [2.05, 4.69) is 15.0 Å². The van der Waals surface area contributed by atoms with Crippen molar-refractivity contribution >= 4 is 17.6 Å². The number of fused-ring (bicyclic) bond motifs is 1. The first-order valence-corrected chi connectivity index (χ1v) is 8.50. The molecule has 1 aliphatic carbocycles. The van der Waals surface area contributed by atoms with Crippen LogP contribution < -0.4 is 0 Å². The summed E-state index contributed by atoms with van der Waals surface area (Å²) in [6, 6.07) is 4.11. The van der Waals surface area contributed by atoms with Crippen molar-refractivity contribution in [2.24, 2.45) is 0 Å². The summed E-state index contributed by atoms with van der Waals surface area (Å²) in [5.74, 6) is -0.947. The Morgan fingerprint density at radius 1 is 1.54 bits per heavy atom. The first kappa shape index (κ1) is 16.9. The SMILES string of the molecule is CCn1nc(C(=O)O)c2c1CCC(N(C)Cc1cccnc1Cl)C2. The van der Waals surface area contributed by atoms with Crippen LogP contribution in [-0.4, -0.2) is 43.8 Å². The largest absolute Gasteiger partial charge is 0.476 e. The van der Waals surface area contributed by atoms with Crippen molar-refractivity contribution in [2.45, 2.75) is 45.3 Å². The second kappa shape index (κ2) is 6.91. The quantitative estimate of drug-likeness (QED) is 0.841. The molecule has 0 saturated heterocycles. The van der Waals surface area contributed by atoms with Gasteiger partial charge >= 0.3 is 5.97 Å². The van der Waals surface area contributed by atoms with Crippen LogP contribution in [0.1, 0.15) is 40.7 Å². The van der Waals surface area contributed by atoms with Gasteiger partial charge in [0.05, 0.1) is 0 Å². The van der Waals surface area contributed by atoms with Crippen molar-refractivity contribution in [2.75, 3.05) is 7.05 Å². The van der Waals surface area contributed by atoms with Crippen LogP contribution in [0.4, 0.5) is 0 Å². The van der Waals surface area contributed by atoms with Crippen molar-refractivity contribution in [3.63, 3.8) is 0 Å². The van der Waals surface area contributed by atoms with Gasteiger partial charge in [0.25, 0.3) is 0 Å². The smallest absolute Gasteiger partial charge is 0.356 e. The van der Waals surface area contributed by atoms with E-state index in [1.165, 1.54) is 0 Å². The number of pyridine rings is 1.